The van der Waals surface area contributed by atoms with E-state index in [1.807, 2.05) is 13.0 Å². The molecule has 0 spiro atoms. The van der Waals surface area contributed by atoms with Crippen molar-refractivity contribution in [2.75, 3.05) is 0 Å². The molecule has 9 nitrogen and oxygen atoms in total. The lowest BCUT2D eigenvalue weighted by Gasteiger charge is -2.19. The number of aryl methyl sites for hydroxylation is 1. The third kappa shape index (κ3) is 5.27. The fourth-order valence-electron chi connectivity index (χ4n) is 2.15. The summed E-state index contributed by atoms with van der Waals surface area (Å²) in [6, 6.07) is 1.92. The molecule has 2 rings (SSSR count). The number of nitrogens with zero attached hydrogens (tertiary/aromatic N) is 4. The summed E-state index contributed by atoms with van der Waals surface area (Å²) in [6.07, 6.45) is 2.74. The molecule has 0 radical (unpaired) electrons. The summed E-state index contributed by atoms with van der Waals surface area (Å²) < 4.78 is 6.58. The van der Waals surface area contributed by atoms with E-state index in [-0.39, 0.29) is 17.9 Å². The fourth-order valence-corrected chi connectivity index (χ4v) is 2.15. The molecule has 0 aliphatic carbocycles. The number of aromatic carboxylic acids is 1. The van der Waals surface area contributed by atoms with Crippen molar-refractivity contribution in [2.24, 2.45) is 0 Å². The van der Waals surface area contributed by atoms with E-state index in [2.05, 4.69) is 20.6 Å². The van der Waals surface area contributed by atoms with Gasteiger partial charge in [-0.25, -0.2) is 14.3 Å². The fraction of sp³-hybridized carbons (Fsp3) is 0.438. The number of hydrogen-bond donors (Lipinski definition) is 2. The van der Waals surface area contributed by atoms with E-state index in [0.717, 1.165) is 11.1 Å². The van der Waals surface area contributed by atoms with Crippen LogP contribution in [0.1, 0.15) is 48.1 Å². The Hall–Kier alpha value is -2.97. The van der Waals surface area contributed by atoms with Crippen molar-refractivity contribution in [3.8, 4) is 0 Å². The summed E-state index contributed by atoms with van der Waals surface area (Å²) in [4.78, 5) is 27.3. The Labute approximate surface area is 145 Å². The predicted molar refractivity (Wildman–Crippen MR) is 88.1 cm³/mol. The lowest BCUT2D eigenvalue weighted by Crippen LogP contribution is -2.33. The summed E-state index contributed by atoms with van der Waals surface area (Å²) in [5.41, 5.74) is 1.24. The molecule has 2 N–H and O–H groups in total. The van der Waals surface area contributed by atoms with Crippen molar-refractivity contribution in [2.45, 2.75) is 46.4 Å². The molecule has 0 unspecified atom stereocenters. The molecule has 2 aromatic heterocycles. The SMILES string of the molecule is Cc1cncc(Cn2nnc(C(=O)O)c2CNC(=O)OC(C)(C)C)c1. The Morgan fingerprint density at radius 3 is 2.64 bits per heavy atom. The summed E-state index contributed by atoms with van der Waals surface area (Å²) in [7, 11) is 0. The second-order valence-corrected chi connectivity index (χ2v) is 6.57. The van der Waals surface area contributed by atoms with Crippen LogP contribution in [-0.4, -0.2) is 42.7 Å². The second-order valence-electron chi connectivity index (χ2n) is 6.57. The third-order valence-electron chi connectivity index (χ3n) is 3.10. The van der Waals surface area contributed by atoms with Crippen LogP contribution in [0.2, 0.25) is 0 Å². The first-order chi connectivity index (χ1) is 11.7. The highest BCUT2D eigenvalue weighted by molar-refractivity contribution is 5.86. The number of carboxylic acids is 1. The van der Waals surface area contributed by atoms with Gasteiger partial charge in [-0.2, -0.15) is 0 Å². The maximum absolute atomic E-state index is 11.8. The monoisotopic (exact) mass is 347 g/mol. The highest BCUT2D eigenvalue weighted by Gasteiger charge is 2.21. The third-order valence-corrected chi connectivity index (χ3v) is 3.10. The van der Waals surface area contributed by atoms with Gasteiger partial charge in [-0.15, -0.1) is 5.10 Å². The van der Waals surface area contributed by atoms with Crippen LogP contribution in [-0.2, 0) is 17.8 Å². The van der Waals surface area contributed by atoms with Gasteiger partial charge in [-0.3, -0.25) is 4.98 Å². The smallest absolute Gasteiger partial charge is 0.407 e. The molecule has 0 aliphatic rings. The van der Waals surface area contributed by atoms with Gasteiger partial charge in [0.2, 0.25) is 0 Å². The molecule has 0 saturated carbocycles. The topological polar surface area (TPSA) is 119 Å². The van der Waals surface area contributed by atoms with Crippen molar-refractivity contribution < 1.29 is 19.4 Å². The zero-order chi connectivity index (χ0) is 18.6. The van der Waals surface area contributed by atoms with Gasteiger partial charge in [0.1, 0.15) is 5.60 Å². The lowest BCUT2D eigenvalue weighted by molar-refractivity contribution is 0.0519. The molecule has 25 heavy (non-hydrogen) atoms. The summed E-state index contributed by atoms with van der Waals surface area (Å²) in [6.45, 7) is 7.36. The van der Waals surface area contributed by atoms with E-state index in [4.69, 9.17) is 4.74 Å². The van der Waals surface area contributed by atoms with Crippen molar-refractivity contribution in [1.82, 2.24) is 25.3 Å². The standard InChI is InChI=1S/C16H21N5O4/c1-10-5-11(7-17-6-10)9-21-12(13(14(22)23)19-20-21)8-18-15(24)25-16(2,3)4/h5-7H,8-9H2,1-4H3,(H,18,24)(H,22,23). The van der Waals surface area contributed by atoms with Crippen LogP contribution in [0, 0.1) is 6.92 Å². The maximum atomic E-state index is 11.8. The van der Waals surface area contributed by atoms with E-state index in [1.165, 1.54) is 4.68 Å². The molecular formula is C16H21N5O4. The normalized spacial score (nSPS) is 11.2. The Bertz CT molecular complexity index is 779. The Kier molecular flexibility index (Phi) is 5.35. The van der Waals surface area contributed by atoms with Crippen LogP contribution < -0.4 is 5.32 Å². The summed E-state index contributed by atoms with van der Waals surface area (Å²) >= 11 is 0. The molecule has 0 aliphatic heterocycles. The number of carboxylic acid groups (broad SMARTS) is 1. The number of amides is 1. The molecule has 0 fully saturated rings. The molecule has 1 amide bonds. The summed E-state index contributed by atoms with van der Waals surface area (Å²) in [5, 5.41) is 19.4. The highest BCUT2D eigenvalue weighted by Crippen LogP contribution is 2.11. The maximum Gasteiger partial charge on any atom is 0.407 e. The largest absolute Gasteiger partial charge is 0.476 e. The molecule has 134 valence electrons. The predicted octanol–water partition coefficient (Wildman–Crippen LogP) is 1.75. The average molecular weight is 347 g/mol. The number of ether oxygens (including phenoxy) is 1. The molecule has 2 aromatic rings. The molecule has 9 heteroatoms. The molecule has 2 heterocycles. The minimum absolute atomic E-state index is 0.0667. The molecular weight excluding hydrogens is 326 g/mol. The van der Waals surface area contributed by atoms with Crippen LogP contribution in [0.5, 0.6) is 0 Å². The first-order valence-corrected chi connectivity index (χ1v) is 7.69. The number of carbonyl (C=O) groups excluding carboxylic acids is 1. The number of aromatic nitrogens is 4. The first kappa shape index (κ1) is 18.4. The number of pyridine rings is 1. The van der Waals surface area contributed by atoms with Crippen molar-refractivity contribution in [1.29, 1.82) is 0 Å². The Balaban J connectivity index is 2.18. The van der Waals surface area contributed by atoms with Crippen LogP contribution in [0.15, 0.2) is 18.5 Å². The minimum Gasteiger partial charge on any atom is -0.476 e. The number of nitrogens with one attached hydrogen (secondary N) is 1. The number of hydrogen-bond acceptors (Lipinski definition) is 6. The number of rotatable bonds is 5. The van der Waals surface area contributed by atoms with Gasteiger partial charge >= 0.3 is 12.1 Å². The van der Waals surface area contributed by atoms with E-state index in [0.29, 0.717) is 6.54 Å². The van der Waals surface area contributed by atoms with Gasteiger partial charge in [0.25, 0.3) is 0 Å². The van der Waals surface area contributed by atoms with Gasteiger partial charge in [-0.05, 0) is 38.8 Å². The quantitative estimate of drug-likeness (QED) is 0.845. The summed E-state index contributed by atoms with van der Waals surface area (Å²) in [5.74, 6) is -1.21. The zero-order valence-corrected chi connectivity index (χ0v) is 14.6. The van der Waals surface area contributed by atoms with Crippen molar-refractivity contribution in [3.05, 3.63) is 41.0 Å². The van der Waals surface area contributed by atoms with Gasteiger partial charge in [-0.1, -0.05) is 11.3 Å². The van der Waals surface area contributed by atoms with Gasteiger partial charge in [0, 0.05) is 12.4 Å². The van der Waals surface area contributed by atoms with Gasteiger partial charge in [0.05, 0.1) is 18.8 Å². The van der Waals surface area contributed by atoms with E-state index < -0.39 is 17.7 Å². The van der Waals surface area contributed by atoms with Crippen molar-refractivity contribution in [3.63, 3.8) is 0 Å². The van der Waals surface area contributed by atoms with Crippen LogP contribution in [0.25, 0.3) is 0 Å². The molecule has 0 bridgehead atoms. The van der Waals surface area contributed by atoms with Crippen LogP contribution >= 0.6 is 0 Å². The number of alkyl carbamates (subject to hydrolysis) is 1. The van der Waals surface area contributed by atoms with E-state index in [9.17, 15) is 14.7 Å². The van der Waals surface area contributed by atoms with Gasteiger partial charge in [0.15, 0.2) is 5.69 Å². The molecule has 0 saturated heterocycles. The van der Waals surface area contributed by atoms with E-state index >= 15 is 0 Å². The van der Waals surface area contributed by atoms with Gasteiger partial charge < -0.3 is 15.2 Å². The average Bonchev–Trinajstić information content (AvgIpc) is 2.86. The lowest BCUT2D eigenvalue weighted by atomic mass is 10.2. The van der Waals surface area contributed by atoms with E-state index in [1.54, 1.807) is 33.2 Å². The zero-order valence-electron chi connectivity index (χ0n) is 14.6. The van der Waals surface area contributed by atoms with Crippen molar-refractivity contribution >= 4 is 12.1 Å². The molecule has 0 aromatic carbocycles. The Morgan fingerprint density at radius 2 is 2.04 bits per heavy atom. The minimum atomic E-state index is -1.21. The number of carbonyl (C=O) groups is 2. The highest BCUT2D eigenvalue weighted by atomic mass is 16.6. The Morgan fingerprint density at radius 1 is 1.32 bits per heavy atom. The van der Waals surface area contributed by atoms with Crippen LogP contribution in [0.4, 0.5) is 4.79 Å². The second kappa shape index (κ2) is 7.29. The van der Waals surface area contributed by atoms with Crippen LogP contribution in [0.3, 0.4) is 0 Å². The molecule has 0 atom stereocenters. The first-order valence-electron chi connectivity index (χ1n) is 7.69.